The van der Waals surface area contributed by atoms with E-state index in [4.69, 9.17) is 0 Å². The van der Waals surface area contributed by atoms with Gasteiger partial charge in [0.15, 0.2) is 0 Å². The molecule has 0 radical (unpaired) electrons. The first-order valence-electron chi connectivity index (χ1n) is 6.86. The Bertz CT molecular complexity index is 370. The number of anilines is 1. The average molecular weight is 230 g/mol. The van der Waals surface area contributed by atoms with Crippen molar-refractivity contribution in [3.8, 4) is 0 Å². The van der Waals surface area contributed by atoms with Crippen LogP contribution in [-0.4, -0.2) is 19.6 Å². The van der Waals surface area contributed by atoms with Gasteiger partial charge in [-0.15, -0.1) is 0 Å². The highest BCUT2D eigenvalue weighted by Gasteiger charge is 2.52. The van der Waals surface area contributed by atoms with Crippen molar-refractivity contribution in [2.24, 2.45) is 5.41 Å². The third kappa shape index (κ3) is 2.32. The van der Waals surface area contributed by atoms with E-state index < -0.39 is 0 Å². The van der Waals surface area contributed by atoms with E-state index in [-0.39, 0.29) is 0 Å². The molecule has 0 amide bonds. The number of nitrogens with one attached hydrogen (secondary N) is 1. The van der Waals surface area contributed by atoms with Gasteiger partial charge in [-0.1, -0.05) is 19.1 Å². The van der Waals surface area contributed by atoms with E-state index in [2.05, 4.69) is 41.4 Å². The first-order chi connectivity index (χ1) is 8.31. The summed E-state index contributed by atoms with van der Waals surface area (Å²) >= 11 is 0. The number of benzene rings is 1. The minimum absolute atomic E-state index is 0.751. The van der Waals surface area contributed by atoms with Gasteiger partial charge in [-0.05, 0) is 43.5 Å². The van der Waals surface area contributed by atoms with Crippen LogP contribution in [0.15, 0.2) is 24.3 Å². The van der Waals surface area contributed by atoms with E-state index in [9.17, 15) is 0 Å². The van der Waals surface area contributed by atoms with Gasteiger partial charge in [0.2, 0.25) is 0 Å². The van der Waals surface area contributed by atoms with Crippen molar-refractivity contribution in [3.05, 3.63) is 29.8 Å². The first kappa shape index (κ1) is 11.1. The lowest BCUT2D eigenvalue weighted by atomic mass is 9.96. The van der Waals surface area contributed by atoms with E-state index in [1.54, 1.807) is 0 Å². The molecule has 2 fully saturated rings. The number of nitrogens with zero attached hydrogens (tertiary/aromatic N) is 1. The maximum Gasteiger partial charge on any atom is 0.0366 e. The molecule has 1 saturated carbocycles. The van der Waals surface area contributed by atoms with Crippen LogP contribution in [0, 0.1) is 5.41 Å². The monoisotopic (exact) mass is 230 g/mol. The topological polar surface area (TPSA) is 15.3 Å². The number of hydrogen-bond acceptors (Lipinski definition) is 2. The largest absolute Gasteiger partial charge is 0.370 e. The Hall–Kier alpha value is -1.02. The van der Waals surface area contributed by atoms with Gasteiger partial charge in [-0.25, -0.2) is 0 Å². The van der Waals surface area contributed by atoms with Crippen LogP contribution in [0.3, 0.4) is 0 Å². The Morgan fingerprint density at radius 2 is 1.88 bits per heavy atom. The van der Waals surface area contributed by atoms with Crippen molar-refractivity contribution in [1.29, 1.82) is 0 Å². The Balaban J connectivity index is 1.53. The molecule has 2 aliphatic rings. The van der Waals surface area contributed by atoms with E-state index in [1.165, 1.54) is 43.6 Å². The van der Waals surface area contributed by atoms with Crippen LogP contribution in [0.25, 0.3) is 0 Å². The summed E-state index contributed by atoms with van der Waals surface area (Å²) in [5.74, 6) is 0. The zero-order valence-electron chi connectivity index (χ0n) is 10.7. The number of rotatable bonds is 5. The third-order valence-corrected chi connectivity index (χ3v) is 4.07. The van der Waals surface area contributed by atoms with Crippen molar-refractivity contribution in [3.63, 3.8) is 0 Å². The molecule has 1 aromatic carbocycles. The van der Waals surface area contributed by atoms with E-state index in [0.29, 0.717) is 0 Å². The summed E-state index contributed by atoms with van der Waals surface area (Å²) in [4.78, 5) is 2.51. The van der Waals surface area contributed by atoms with Crippen LogP contribution in [-0.2, 0) is 6.54 Å². The summed E-state index contributed by atoms with van der Waals surface area (Å²) in [5, 5.41) is 3.44. The predicted octanol–water partition coefficient (Wildman–Crippen LogP) is 2.79. The Morgan fingerprint density at radius 1 is 1.18 bits per heavy atom. The Morgan fingerprint density at radius 3 is 2.47 bits per heavy atom. The van der Waals surface area contributed by atoms with Gasteiger partial charge in [-0.3, -0.25) is 0 Å². The molecule has 1 N–H and O–H groups in total. The molecule has 1 spiro atoms. The van der Waals surface area contributed by atoms with Gasteiger partial charge in [0.1, 0.15) is 0 Å². The first-order valence-corrected chi connectivity index (χ1v) is 6.86. The standard InChI is InChI=1S/C15H22N2/c1-2-9-16-10-13-3-5-14(6-4-13)17-11-15(12-17)7-8-15/h3-6,16H,2,7-12H2,1H3. The van der Waals surface area contributed by atoms with Crippen LogP contribution >= 0.6 is 0 Å². The molecular formula is C15H22N2. The number of hydrogen-bond donors (Lipinski definition) is 1. The van der Waals surface area contributed by atoms with E-state index >= 15 is 0 Å². The minimum atomic E-state index is 0.751. The lowest BCUT2D eigenvalue weighted by Gasteiger charge is -2.42. The lowest BCUT2D eigenvalue weighted by molar-refractivity contribution is 0.387. The van der Waals surface area contributed by atoms with Gasteiger partial charge < -0.3 is 10.2 Å². The molecule has 3 rings (SSSR count). The van der Waals surface area contributed by atoms with E-state index in [1.807, 2.05) is 0 Å². The van der Waals surface area contributed by atoms with Crippen molar-refractivity contribution >= 4 is 5.69 Å². The second-order valence-corrected chi connectivity index (χ2v) is 5.70. The summed E-state index contributed by atoms with van der Waals surface area (Å²) in [6, 6.07) is 9.07. The summed E-state index contributed by atoms with van der Waals surface area (Å²) < 4.78 is 0. The fraction of sp³-hybridized carbons (Fsp3) is 0.600. The summed E-state index contributed by atoms with van der Waals surface area (Å²) in [5.41, 5.74) is 3.55. The summed E-state index contributed by atoms with van der Waals surface area (Å²) in [7, 11) is 0. The van der Waals surface area contributed by atoms with Gasteiger partial charge in [0.25, 0.3) is 0 Å². The Kier molecular flexibility index (Phi) is 2.83. The molecule has 0 unspecified atom stereocenters. The average Bonchev–Trinajstić information content (AvgIpc) is 3.09. The Labute approximate surface area is 104 Å². The molecule has 1 aromatic rings. The normalized spacial score (nSPS) is 20.4. The highest BCUT2D eigenvalue weighted by atomic mass is 15.2. The fourth-order valence-corrected chi connectivity index (χ4v) is 2.67. The molecule has 17 heavy (non-hydrogen) atoms. The van der Waals surface area contributed by atoms with Gasteiger partial charge in [0.05, 0.1) is 0 Å². The highest BCUT2D eigenvalue weighted by Crippen LogP contribution is 2.53. The van der Waals surface area contributed by atoms with Crippen LogP contribution < -0.4 is 10.2 Å². The molecular weight excluding hydrogens is 208 g/mol. The zero-order chi connectivity index (χ0) is 11.7. The maximum atomic E-state index is 3.44. The molecule has 1 saturated heterocycles. The molecule has 0 atom stereocenters. The third-order valence-electron chi connectivity index (χ3n) is 4.07. The van der Waals surface area contributed by atoms with Gasteiger partial charge >= 0.3 is 0 Å². The quantitative estimate of drug-likeness (QED) is 0.782. The highest BCUT2D eigenvalue weighted by molar-refractivity contribution is 5.51. The molecule has 1 heterocycles. The summed E-state index contributed by atoms with van der Waals surface area (Å²) in [6.45, 7) is 6.89. The molecule has 1 aliphatic carbocycles. The molecule has 2 nitrogen and oxygen atoms in total. The SMILES string of the molecule is CCCNCc1ccc(N2CC3(CC3)C2)cc1. The second-order valence-electron chi connectivity index (χ2n) is 5.70. The lowest BCUT2D eigenvalue weighted by Crippen LogP contribution is -2.48. The van der Waals surface area contributed by atoms with Crippen molar-refractivity contribution in [1.82, 2.24) is 5.32 Å². The molecule has 0 aromatic heterocycles. The summed E-state index contributed by atoms with van der Waals surface area (Å²) in [6.07, 6.45) is 4.12. The van der Waals surface area contributed by atoms with Crippen LogP contribution in [0.5, 0.6) is 0 Å². The molecule has 92 valence electrons. The van der Waals surface area contributed by atoms with Crippen molar-refractivity contribution in [2.45, 2.75) is 32.7 Å². The van der Waals surface area contributed by atoms with Crippen LogP contribution in [0.4, 0.5) is 5.69 Å². The fourth-order valence-electron chi connectivity index (χ4n) is 2.67. The zero-order valence-corrected chi connectivity index (χ0v) is 10.7. The van der Waals surface area contributed by atoms with Crippen molar-refractivity contribution < 1.29 is 0 Å². The van der Waals surface area contributed by atoms with Crippen molar-refractivity contribution in [2.75, 3.05) is 24.5 Å². The predicted molar refractivity (Wildman–Crippen MR) is 72.3 cm³/mol. The van der Waals surface area contributed by atoms with Gasteiger partial charge in [-0.2, -0.15) is 0 Å². The van der Waals surface area contributed by atoms with Gasteiger partial charge in [0, 0.05) is 30.7 Å². The minimum Gasteiger partial charge on any atom is -0.370 e. The second kappa shape index (κ2) is 4.34. The molecule has 2 heteroatoms. The maximum absolute atomic E-state index is 3.44. The molecule has 0 bridgehead atoms. The van der Waals surface area contributed by atoms with E-state index in [0.717, 1.165) is 18.5 Å². The van der Waals surface area contributed by atoms with Crippen LogP contribution in [0.1, 0.15) is 31.7 Å². The van der Waals surface area contributed by atoms with Crippen LogP contribution in [0.2, 0.25) is 0 Å². The smallest absolute Gasteiger partial charge is 0.0366 e. The molecule has 1 aliphatic heterocycles.